The van der Waals surface area contributed by atoms with Crippen molar-refractivity contribution in [1.29, 1.82) is 0 Å². The van der Waals surface area contributed by atoms with E-state index in [1.807, 2.05) is 0 Å². The van der Waals surface area contributed by atoms with Gasteiger partial charge in [-0.25, -0.2) is 0 Å². The molecule has 0 aromatic heterocycles. The van der Waals surface area contributed by atoms with Crippen LogP contribution >= 0.6 is 23.2 Å². The third kappa shape index (κ3) is 2.57. The SMILES string of the molecule is O=C1CC(CCl)CN1c1cc(Cl)ccc1CO. The summed E-state index contributed by atoms with van der Waals surface area (Å²) >= 11 is 11.7. The summed E-state index contributed by atoms with van der Waals surface area (Å²) in [6, 6.07) is 5.15. The standard InChI is InChI=1S/C12H13Cl2NO2/c13-5-8-3-12(17)15(6-8)11-4-10(14)2-1-9(11)7-16/h1-2,4,8,16H,3,5-7H2. The fraction of sp³-hybridized carbons (Fsp3) is 0.417. The van der Waals surface area contributed by atoms with Crippen LogP contribution in [0.3, 0.4) is 0 Å². The maximum absolute atomic E-state index is 11.9. The van der Waals surface area contributed by atoms with Gasteiger partial charge in [0.15, 0.2) is 0 Å². The zero-order valence-corrected chi connectivity index (χ0v) is 10.7. The fourth-order valence-electron chi connectivity index (χ4n) is 2.04. The normalized spacial score (nSPS) is 20.1. The highest BCUT2D eigenvalue weighted by Crippen LogP contribution is 2.30. The first-order valence-electron chi connectivity index (χ1n) is 5.41. The van der Waals surface area contributed by atoms with E-state index in [4.69, 9.17) is 23.2 Å². The molecule has 92 valence electrons. The van der Waals surface area contributed by atoms with Crippen LogP contribution in [-0.4, -0.2) is 23.4 Å². The van der Waals surface area contributed by atoms with Gasteiger partial charge < -0.3 is 10.0 Å². The van der Waals surface area contributed by atoms with Gasteiger partial charge in [0.05, 0.1) is 12.3 Å². The average Bonchev–Trinajstić information content (AvgIpc) is 2.70. The van der Waals surface area contributed by atoms with Gasteiger partial charge in [-0.2, -0.15) is 0 Å². The molecule has 0 aliphatic carbocycles. The van der Waals surface area contributed by atoms with Crippen molar-refractivity contribution in [2.24, 2.45) is 5.92 Å². The predicted octanol–water partition coefficient (Wildman–Crippen LogP) is 2.42. The second kappa shape index (κ2) is 5.25. The van der Waals surface area contributed by atoms with Crippen LogP contribution in [0.2, 0.25) is 5.02 Å². The summed E-state index contributed by atoms with van der Waals surface area (Å²) in [5.41, 5.74) is 1.40. The van der Waals surface area contributed by atoms with Gasteiger partial charge in [-0.1, -0.05) is 17.7 Å². The van der Waals surface area contributed by atoms with Crippen LogP contribution < -0.4 is 4.90 Å². The second-order valence-corrected chi connectivity index (χ2v) is 4.90. The molecule has 17 heavy (non-hydrogen) atoms. The first kappa shape index (κ1) is 12.7. The van der Waals surface area contributed by atoms with Gasteiger partial charge in [-0.05, 0) is 18.1 Å². The van der Waals surface area contributed by atoms with Crippen LogP contribution in [0.1, 0.15) is 12.0 Å². The molecule has 1 aromatic carbocycles. The Morgan fingerprint density at radius 3 is 2.82 bits per heavy atom. The topological polar surface area (TPSA) is 40.5 Å². The van der Waals surface area contributed by atoms with Crippen molar-refractivity contribution in [3.05, 3.63) is 28.8 Å². The number of carbonyl (C=O) groups excluding carboxylic acids is 1. The number of benzene rings is 1. The van der Waals surface area contributed by atoms with Crippen LogP contribution in [0.25, 0.3) is 0 Å². The van der Waals surface area contributed by atoms with E-state index >= 15 is 0 Å². The lowest BCUT2D eigenvalue weighted by Crippen LogP contribution is -2.25. The molecule has 1 fully saturated rings. The van der Waals surface area contributed by atoms with Crippen molar-refractivity contribution in [3.63, 3.8) is 0 Å². The van der Waals surface area contributed by atoms with Gasteiger partial charge in [0, 0.05) is 29.4 Å². The number of alkyl halides is 1. The molecule has 0 radical (unpaired) electrons. The molecule has 1 amide bonds. The van der Waals surface area contributed by atoms with Crippen LogP contribution in [0.15, 0.2) is 18.2 Å². The Hall–Kier alpha value is -0.770. The largest absolute Gasteiger partial charge is 0.392 e. The first-order valence-corrected chi connectivity index (χ1v) is 6.32. The fourth-order valence-corrected chi connectivity index (χ4v) is 2.41. The Bertz CT molecular complexity index is 437. The maximum atomic E-state index is 11.9. The lowest BCUT2D eigenvalue weighted by Gasteiger charge is -2.19. The van der Waals surface area contributed by atoms with Gasteiger partial charge >= 0.3 is 0 Å². The average molecular weight is 274 g/mol. The number of rotatable bonds is 3. The van der Waals surface area contributed by atoms with Crippen LogP contribution in [0, 0.1) is 5.92 Å². The minimum absolute atomic E-state index is 0.0348. The molecule has 1 unspecified atom stereocenters. The molecule has 1 heterocycles. The molecule has 1 atom stereocenters. The molecule has 1 aliphatic heterocycles. The van der Waals surface area contributed by atoms with Crippen molar-refractivity contribution in [2.75, 3.05) is 17.3 Å². The summed E-state index contributed by atoms with van der Waals surface area (Å²) in [4.78, 5) is 13.5. The molecule has 0 bridgehead atoms. The number of aliphatic hydroxyl groups excluding tert-OH is 1. The zero-order chi connectivity index (χ0) is 12.4. The monoisotopic (exact) mass is 273 g/mol. The summed E-state index contributed by atoms with van der Waals surface area (Å²) in [6.07, 6.45) is 0.459. The second-order valence-electron chi connectivity index (χ2n) is 4.16. The predicted molar refractivity (Wildman–Crippen MR) is 68.6 cm³/mol. The Morgan fingerprint density at radius 2 is 2.24 bits per heavy atom. The molecule has 3 nitrogen and oxygen atoms in total. The first-order chi connectivity index (χ1) is 8.15. The Morgan fingerprint density at radius 1 is 1.47 bits per heavy atom. The van der Waals surface area contributed by atoms with E-state index in [9.17, 15) is 9.90 Å². The van der Waals surface area contributed by atoms with Crippen molar-refractivity contribution < 1.29 is 9.90 Å². The molecule has 1 aliphatic rings. The number of carbonyl (C=O) groups is 1. The van der Waals surface area contributed by atoms with Gasteiger partial charge in [0.25, 0.3) is 0 Å². The molecule has 1 saturated heterocycles. The van der Waals surface area contributed by atoms with E-state index in [1.54, 1.807) is 23.1 Å². The molecular formula is C12H13Cl2NO2. The lowest BCUT2D eigenvalue weighted by atomic mass is 10.1. The molecule has 2 rings (SSSR count). The summed E-state index contributed by atoms with van der Waals surface area (Å²) < 4.78 is 0. The molecule has 1 aromatic rings. The molecular weight excluding hydrogens is 261 g/mol. The molecule has 1 N–H and O–H groups in total. The maximum Gasteiger partial charge on any atom is 0.227 e. The number of hydrogen-bond acceptors (Lipinski definition) is 2. The number of amides is 1. The summed E-state index contributed by atoms with van der Waals surface area (Å²) in [5, 5.41) is 9.83. The Balaban J connectivity index is 2.33. The van der Waals surface area contributed by atoms with Crippen molar-refractivity contribution in [1.82, 2.24) is 0 Å². The van der Waals surface area contributed by atoms with E-state index in [-0.39, 0.29) is 18.4 Å². The minimum atomic E-state index is -0.109. The Kier molecular flexibility index (Phi) is 3.92. The van der Waals surface area contributed by atoms with E-state index in [1.165, 1.54) is 0 Å². The van der Waals surface area contributed by atoms with E-state index in [2.05, 4.69) is 0 Å². The van der Waals surface area contributed by atoms with Crippen molar-refractivity contribution >= 4 is 34.8 Å². The lowest BCUT2D eigenvalue weighted by molar-refractivity contribution is -0.117. The highest BCUT2D eigenvalue weighted by molar-refractivity contribution is 6.31. The highest BCUT2D eigenvalue weighted by Gasteiger charge is 2.31. The molecule has 0 spiro atoms. The van der Waals surface area contributed by atoms with Gasteiger partial charge in [0.2, 0.25) is 5.91 Å². The minimum Gasteiger partial charge on any atom is -0.392 e. The van der Waals surface area contributed by atoms with Crippen LogP contribution in [0.4, 0.5) is 5.69 Å². The number of nitrogens with zero attached hydrogens (tertiary/aromatic N) is 1. The van der Waals surface area contributed by atoms with E-state index in [0.717, 1.165) is 0 Å². The van der Waals surface area contributed by atoms with E-state index < -0.39 is 0 Å². The van der Waals surface area contributed by atoms with Crippen molar-refractivity contribution in [2.45, 2.75) is 13.0 Å². The molecule has 0 saturated carbocycles. The van der Waals surface area contributed by atoms with Gasteiger partial charge in [0.1, 0.15) is 0 Å². The van der Waals surface area contributed by atoms with Crippen molar-refractivity contribution in [3.8, 4) is 0 Å². The van der Waals surface area contributed by atoms with Crippen LogP contribution in [-0.2, 0) is 11.4 Å². The summed E-state index contributed by atoms with van der Waals surface area (Å²) in [7, 11) is 0. The summed E-state index contributed by atoms with van der Waals surface area (Å²) in [5.74, 6) is 0.680. The third-order valence-corrected chi connectivity index (χ3v) is 3.60. The number of aliphatic hydroxyl groups is 1. The van der Waals surface area contributed by atoms with E-state index in [0.29, 0.717) is 35.1 Å². The third-order valence-electron chi connectivity index (χ3n) is 2.93. The smallest absolute Gasteiger partial charge is 0.227 e. The summed E-state index contributed by atoms with van der Waals surface area (Å²) in [6.45, 7) is 0.484. The van der Waals surface area contributed by atoms with Gasteiger partial charge in [-0.15, -0.1) is 11.6 Å². The quantitative estimate of drug-likeness (QED) is 0.860. The van der Waals surface area contributed by atoms with Gasteiger partial charge in [-0.3, -0.25) is 4.79 Å². The number of halogens is 2. The highest BCUT2D eigenvalue weighted by atomic mass is 35.5. The number of hydrogen-bond donors (Lipinski definition) is 1. The zero-order valence-electron chi connectivity index (χ0n) is 9.20. The molecule has 5 heteroatoms. The number of anilines is 1. The Labute approximate surface area is 110 Å². The van der Waals surface area contributed by atoms with Crippen LogP contribution in [0.5, 0.6) is 0 Å².